The summed E-state index contributed by atoms with van der Waals surface area (Å²) in [6, 6.07) is 0. The van der Waals surface area contributed by atoms with Gasteiger partial charge in [-0.05, 0) is 19.8 Å². The normalized spacial score (nSPS) is 19.7. The van der Waals surface area contributed by atoms with Crippen LogP contribution in [0.2, 0.25) is 5.15 Å². The Balaban J connectivity index is 2.23. The zero-order valence-electron chi connectivity index (χ0n) is 9.26. The van der Waals surface area contributed by atoms with Crippen molar-refractivity contribution in [2.45, 2.75) is 44.6 Å². The molecule has 1 aromatic rings. The fraction of sp³-hybridized carbons (Fsp3) is 0.727. The third-order valence-corrected chi connectivity index (χ3v) is 3.78. The number of aliphatic hydroxyl groups is 1. The molecule has 3 nitrogen and oxygen atoms in total. The van der Waals surface area contributed by atoms with Gasteiger partial charge in [0.25, 0.3) is 0 Å². The summed E-state index contributed by atoms with van der Waals surface area (Å²) in [7, 11) is 1.83. The average Bonchev–Trinajstić information content (AvgIpc) is 2.68. The highest BCUT2D eigenvalue weighted by Crippen LogP contribution is 2.34. The molecule has 0 amide bonds. The third-order valence-electron chi connectivity index (χ3n) is 3.31. The lowest BCUT2D eigenvalue weighted by molar-refractivity contribution is 0.0480. The van der Waals surface area contributed by atoms with Crippen molar-refractivity contribution in [2.75, 3.05) is 0 Å². The standard InChI is InChI=1S/C11H17ClN2O/c1-8-9(10(12)14(2)13-8)7-11(15)5-3-4-6-11/h15H,3-7H2,1-2H3. The first-order valence-corrected chi connectivity index (χ1v) is 5.80. The van der Waals surface area contributed by atoms with Crippen molar-refractivity contribution < 1.29 is 5.11 Å². The van der Waals surface area contributed by atoms with Crippen LogP contribution < -0.4 is 0 Å². The van der Waals surface area contributed by atoms with Crippen LogP contribution in [0.4, 0.5) is 0 Å². The summed E-state index contributed by atoms with van der Waals surface area (Å²) in [4.78, 5) is 0. The van der Waals surface area contributed by atoms with Gasteiger partial charge in [0.05, 0.1) is 11.3 Å². The van der Waals surface area contributed by atoms with E-state index in [4.69, 9.17) is 11.6 Å². The van der Waals surface area contributed by atoms with Gasteiger partial charge in [0.15, 0.2) is 0 Å². The lowest BCUT2D eigenvalue weighted by Crippen LogP contribution is -2.27. The van der Waals surface area contributed by atoms with E-state index in [2.05, 4.69) is 5.10 Å². The molecule has 1 fully saturated rings. The zero-order chi connectivity index (χ0) is 11.1. The molecule has 1 aliphatic carbocycles. The van der Waals surface area contributed by atoms with E-state index in [0.717, 1.165) is 36.9 Å². The number of halogens is 1. The first-order chi connectivity index (χ1) is 7.02. The molecule has 1 aromatic heterocycles. The number of aryl methyl sites for hydroxylation is 2. The first-order valence-electron chi connectivity index (χ1n) is 5.42. The molecule has 15 heavy (non-hydrogen) atoms. The maximum Gasteiger partial charge on any atom is 0.130 e. The number of hydrogen-bond acceptors (Lipinski definition) is 2. The van der Waals surface area contributed by atoms with E-state index in [1.54, 1.807) is 4.68 Å². The second-order valence-corrected chi connectivity index (χ2v) is 4.94. The Morgan fingerprint density at radius 2 is 2.07 bits per heavy atom. The van der Waals surface area contributed by atoms with Crippen LogP contribution in [0.1, 0.15) is 36.9 Å². The van der Waals surface area contributed by atoms with Crippen LogP contribution in [0, 0.1) is 6.92 Å². The summed E-state index contributed by atoms with van der Waals surface area (Å²) in [6.45, 7) is 1.94. The van der Waals surface area contributed by atoms with E-state index in [1.165, 1.54) is 0 Å². The van der Waals surface area contributed by atoms with E-state index in [-0.39, 0.29) is 0 Å². The van der Waals surface area contributed by atoms with Crippen molar-refractivity contribution in [3.8, 4) is 0 Å². The van der Waals surface area contributed by atoms with Crippen LogP contribution in [0.15, 0.2) is 0 Å². The van der Waals surface area contributed by atoms with Crippen molar-refractivity contribution >= 4 is 11.6 Å². The van der Waals surface area contributed by atoms with Gasteiger partial charge in [-0.15, -0.1) is 0 Å². The number of aromatic nitrogens is 2. The average molecular weight is 229 g/mol. The minimum Gasteiger partial charge on any atom is -0.390 e. The highest BCUT2D eigenvalue weighted by Gasteiger charge is 2.33. The van der Waals surface area contributed by atoms with Crippen molar-refractivity contribution in [3.05, 3.63) is 16.4 Å². The fourth-order valence-corrected chi connectivity index (χ4v) is 2.66. The second-order valence-electron chi connectivity index (χ2n) is 4.59. The molecule has 1 aliphatic rings. The smallest absolute Gasteiger partial charge is 0.130 e. The molecule has 0 aromatic carbocycles. The lowest BCUT2D eigenvalue weighted by atomic mass is 9.93. The molecule has 4 heteroatoms. The van der Waals surface area contributed by atoms with E-state index in [9.17, 15) is 5.11 Å². The molecule has 1 N–H and O–H groups in total. The van der Waals surface area contributed by atoms with Crippen LogP contribution in [-0.4, -0.2) is 20.5 Å². The molecular formula is C11H17ClN2O. The maximum absolute atomic E-state index is 10.3. The van der Waals surface area contributed by atoms with Crippen LogP contribution in [-0.2, 0) is 13.5 Å². The van der Waals surface area contributed by atoms with E-state index < -0.39 is 5.60 Å². The molecule has 0 unspecified atom stereocenters. The Morgan fingerprint density at radius 1 is 1.47 bits per heavy atom. The summed E-state index contributed by atoms with van der Waals surface area (Å²) in [5.41, 5.74) is 1.39. The largest absolute Gasteiger partial charge is 0.390 e. The summed E-state index contributed by atoms with van der Waals surface area (Å²) in [5.74, 6) is 0. The number of rotatable bonds is 2. The molecule has 0 bridgehead atoms. The van der Waals surface area contributed by atoms with Gasteiger partial charge >= 0.3 is 0 Å². The quantitative estimate of drug-likeness (QED) is 0.843. The Labute approximate surface area is 95.0 Å². The summed E-state index contributed by atoms with van der Waals surface area (Å²) in [5, 5.41) is 15.2. The molecule has 0 radical (unpaired) electrons. The lowest BCUT2D eigenvalue weighted by Gasteiger charge is -2.21. The van der Waals surface area contributed by atoms with Crippen LogP contribution in [0.5, 0.6) is 0 Å². The third kappa shape index (κ3) is 2.04. The van der Waals surface area contributed by atoms with Gasteiger partial charge in [-0.25, -0.2) is 0 Å². The molecular weight excluding hydrogens is 212 g/mol. The van der Waals surface area contributed by atoms with Gasteiger partial charge in [-0.2, -0.15) is 5.10 Å². The van der Waals surface area contributed by atoms with Crippen molar-refractivity contribution in [1.82, 2.24) is 9.78 Å². The monoisotopic (exact) mass is 228 g/mol. The Morgan fingerprint density at radius 3 is 2.53 bits per heavy atom. The van der Waals surface area contributed by atoms with Gasteiger partial charge in [-0.1, -0.05) is 24.4 Å². The SMILES string of the molecule is Cc1nn(C)c(Cl)c1CC1(O)CCCC1. The highest BCUT2D eigenvalue weighted by atomic mass is 35.5. The second kappa shape index (κ2) is 3.80. The predicted molar refractivity (Wildman–Crippen MR) is 60.1 cm³/mol. The van der Waals surface area contributed by atoms with Gasteiger partial charge in [0.2, 0.25) is 0 Å². The molecule has 84 valence electrons. The van der Waals surface area contributed by atoms with Crippen molar-refractivity contribution in [2.24, 2.45) is 7.05 Å². The van der Waals surface area contributed by atoms with Crippen LogP contribution in [0.25, 0.3) is 0 Å². The van der Waals surface area contributed by atoms with Crippen LogP contribution in [0.3, 0.4) is 0 Å². The molecule has 2 rings (SSSR count). The van der Waals surface area contributed by atoms with Gasteiger partial charge in [0.1, 0.15) is 5.15 Å². The minimum atomic E-state index is -0.544. The Hall–Kier alpha value is -0.540. The zero-order valence-corrected chi connectivity index (χ0v) is 10.0. The highest BCUT2D eigenvalue weighted by molar-refractivity contribution is 6.30. The summed E-state index contributed by atoms with van der Waals surface area (Å²) in [6.07, 6.45) is 4.65. The molecule has 0 atom stereocenters. The molecule has 0 aliphatic heterocycles. The fourth-order valence-electron chi connectivity index (χ4n) is 2.41. The van der Waals surface area contributed by atoms with Gasteiger partial charge < -0.3 is 5.11 Å². The topological polar surface area (TPSA) is 38.0 Å². The van der Waals surface area contributed by atoms with E-state index in [1.807, 2.05) is 14.0 Å². The van der Waals surface area contributed by atoms with Gasteiger partial charge in [-0.3, -0.25) is 4.68 Å². The Kier molecular flexibility index (Phi) is 2.77. The molecule has 0 spiro atoms. The van der Waals surface area contributed by atoms with E-state index >= 15 is 0 Å². The molecule has 1 saturated carbocycles. The number of nitrogens with zero attached hydrogens (tertiary/aromatic N) is 2. The molecule has 0 saturated heterocycles. The Bertz CT molecular complexity index is 367. The van der Waals surface area contributed by atoms with Gasteiger partial charge in [0, 0.05) is 19.0 Å². The summed E-state index contributed by atoms with van der Waals surface area (Å²) >= 11 is 6.14. The van der Waals surface area contributed by atoms with Crippen LogP contribution >= 0.6 is 11.6 Å². The van der Waals surface area contributed by atoms with E-state index in [0.29, 0.717) is 11.6 Å². The van der Waals surface area contributed by atoms with Crippen molar-refractivity contribution in [3.63, 3.8) is 0 Å². The molecule has 1 heterocycles. The summed E-state index contributed by atoms with van der Waals surface area (Å²) < 4.78 is 1.67. The predicted octanol–water partition coefficient (Wildman–Crippen LogP) is 2.23. The first kappa shape index (κ1) is 11.0. The minimum absolute atomic E-state index is 0.544. The number of hydrogen-bond donors (Lipinski definition) is 1. The maximum atomic E-state index is 10.3. The van der Waals surface area contributed by atoms with Crippen molar-refractivity contribution in [1.29, 1.82) is 0 Å².